The van der Waals surface area contributed by atoms with Gasteiger partial charge in [-0.3, -0.25) is 0 Å². The molecule has 0 radical (unpaired) electrons. The number of aromatic carboxylic acids is 1. The molecule has 0 unspecified atom stereocenters. The van der Waals surface area contributed by atoms with Gasteiger partial charge in [0.25, 0.3) is 0 Å². The first kappa shape index (κ1) is 14.9. The number of hydrogen-bond donors (Lipinski definition) is 1. The summed E-state index contributed by atoms with van der Waals surface area (Å²) in [6.45, 7) is 0. The highest BCUT2D eigenvalue weighted by Gasteiger charge is 2.19. The molecule has 0 aliphatic heterocycles. The molecule has 4 heteroatoms. The molecule has 0 fully saturated rings. The lowest BCUT2D eigenvalue weighted by Crippen LogP contribution is -2.06. The summed E-state index contributed by atoms with van der Waals surface area (Å²) < 4.78 is 5.42. The van der Waals surface area contributed by atoms with E-state index in [9.17, 15) is 9.90 Å². The van der Waals surface area contributed by atoms with Gasteiger partial charge < -0.3 is 9.84 Å². The highest BCUT2D eigenvalue weighted by molar-refractivity contribution is 5.92. The van der Waals surface area contributed by atoms with Crippen molar-refractivity contribution in [1.29, 1.82) is 5.26 Å². The Balaban J connectivity index is 2.20. The molecule has 1 aliphatic rings. The summed E-state index contributed by atoms with van der Waals surface area (Å²) >= 11 is 0. The molecule has 114 valence electrons. The molecule has 0 bridgehead atoms. The number of carboxylic acid groups (broad SMARTS) is 1. The molecule has 4 nitrogen and oxygen atoms in total. The van der Waals surface area contributed by atoms with E-state index in [1.54, 1.807) is 37.4 Å². The van der Waals surface area contributed by atoms with Crippen LogP contribution in [-0.4, -0.2) is 18.2 Å². The molecule has 0 heterocycles. The van der Waals surface area contributed by atoms with Crippen LogP contribution < -0.4 is 4.74 Å². The number of aryl methyl sites for hydroxylation is 1. The lowest BCUT2D eigenvalue weighted by molar-refractivity contribution is 0.0697. The summed E-state index contributed by atoms with van der Waals surface area (Å²) in [6, 6.07) is 12.6. The lowest BCUT2D eigenvalue weighted by Gasteiger charge is -2.20. The van der Waals surface area contributed by atoms with Gasteiger partial charge in [-0.15, -0.1) is 0 Å². The van der Waals surface area contributed by atoms with E-state index >= 15 is 0 Å². The van der Waals surface area contributed by atoms with E-state index in [0.717, 1.165) is 35.1 Å². The summed E-state index contributed by atoms with van der Waals surface area (Å²) in [6.07, 6.45) is 3.82. The Morgan fingerprint density at radius 2 is 2.04 bits per heavy atom. The van der Waals surface area contributed by atoms with Crippen molar-refractivity contribution in [3.05, 3.63) is 70.3 Å². The number of carbonyl (C=O) groups is 1. The molecule has 0 saturated carbocycles. The average molecular weight is 305 g/mol. The van der Waals surface area contributed by atoms with Crippen molar-refractivity contribution in [2.24, 2.45) is 0 Å². The fraction of sp³-hybridized carbons (Fsp3) is 0.158. The maximum Gasteiger partial charge on any atom is 0.335 e. The van der Waals surface area contributed by atoms with Crippen LogP contribution >= 0.6 is 0 Å². The Morgan fingerprint density at radius 1 is 1.22 bits per heavy atom. The van der Waals surface area contributed by atoms with Gasteiger partial charge in [0, 0.05) is 5.56 Å². The van der Waals surface area contributed by atoms with Crippen LogP contribution in [0.1, 0.15) is 39.0 Å². The Hall–Kier alpha value is -3.06. The minimum absolute atomic E-state index is 0.256. The number of hydrogen-bond acceptors (Lipinski definition) is 3. The second-order valence-electron chi connectivity index (χ2n) is 5.36. The summed E-state index contributed by atoms with van der Waals surface area (Å²) in [7, 11) is 1.59. The second-order valence-corrected chi connectivity index (χ2v) is 5.36. The molecule has 0 saturated heterocycles. The third-order valence-electron chi connectivity index (χ3n) is 4.03. The fourth-order valence-electron chi connectivity index (χ4n) is 2.90. The van der Waals surface area contributed by atoms with Gasteiger partial charge in [-0.1, -0.05) is 12.1 Å². The van der Waals surface area contributed by atoms with Crippen LogP contribution in [0.2, 0.25) is 0 Å². The Labute approximate surface area is 134 Å². The van der Waals surface area contributed by atoms with Crippen molar-refractivity contribution in [3.63, 3.8) is 0 Å². The van der Waals surface area contributed by atoms with Gasteiger partial charge in [0.1, 0.15) is 5.75 Å². The van der Waals surface area contributed by atoms with E-state index in [1.165, 1.54) is 0 Å². The van der Waals surface area contributed by atoms with Gasteiger partial charge in [0.2, 0.25) is 0 Å². The number of ether oxygens (including phenoxy) is 1. The SMILES string of the molecule is COc1ccc(C#N)cc1C1=CCCc2ccc(C(=O)O)cc21. The van der Waals surface area contributed by atoms with Crippen molar-refractivity contribution >= 4 is 11.5 Å². The van der Waals surface area contributed by atoms with Crippen LogP contribution in [-0.2, 0) is 6.42 Å². The van der Waals surface area contributed by atoms with Crippen LogP contribution in [0.25, 0.3) is 5.57 Å². The molecule has 23 heavy (non-hydrogen) atoms. The largest absolute Gasteiger partial charge is 0.496 e. The van der Waals surface area contributed by atoms with Crippen LogP contribution in [0, 0.1) is 11.3 Å². The molecule has 0 spiro atoms. The molecular formula is C19H15NO3. The number of nitrogens with zero attached hydrogens (tertiary/aromatic N) is 1. The van der Waals surface area contributed by atoms with Gasteiger partial charge in [-0.05, 0) is 59.9 Å². The standard InChI is InChI=1S/C19H15NO3/c1-23-18-8-5-12(11-20)9-17(18)15-4-2-3-13-6-7-14(19(21)22)10-16(13)15/h4-10H,2-3H2,1H3,(H,21,22). The van der Waals surface area contributed by atoms with Gasteiger partial charge >= 0.3 is 5.97 Å². The lowest BCUT2D eigenvalue weighted by atomic mass is 9.85. The average Bonchev–Trinajstić information content (AvgIpc) is 2.60. The number of rotatable bonds is 3. The molecule has 3 rings (SSSR count). The minimum Gasteiger partial charge on any atom is -0.496 e. The van der Waals surface area contributed by atoms with E-state index in [2.05, 4.69) is 12.1 Å². The summed E-state index contributed by atoms with van der Waals surface area (Å²) in [5, 5.41) is 18.4. The fourth-order valence-corrected chi connectivity index (χ4v) is 2.90. The van der Waals surface area contributed by atoms with E-state index in [-0.39, 0.29) is 5.56 Å². The second kappa shape index (κ2) is 5.98. The molecule has 0 amide bonds. The molecular weight excluding hydrogens is 290 g/mol. The zero-order valence-corrected chi connectivity index (χ0v) is 12.7. The molecule has 2 aromatic carbocycles. The maximum atomic E-state index is 11.3. The summed E-state index contributed by atoms with van der Waals surface area (Å²) in [5.41, 5.74) is 4.54. The maximum absolute atomic E-state index is 11.3. The van der Waals surface area contributed by atoms with E-state index < -0.39 is 5.97 Å². The van der Waals surface area contributed by atoms with E-state index in [1.807, 2.05) is 6.07 Å². The van der Waals surface area contributed by atoms with Crippen LogP contribution in [0.3, 0.4) is 0 Å². The van der Waals surface area contributed by atoms with E-state index in [0.29, 0.717) is 11.3 Å². The number of benzene rings is 2. The van der Waals surface area contributed by atoms with Crippen molar-refractivity contribution in [3.8, 4) is 11.8 Å². The predicted octanol–water partition coefficient (Wildman–Crippen LogP) is 3.64. The first-order chi connectivity index (χ1) is 11.1. The van der Waals surface area contributed by atoms with Crippen molar-refractivity contribution in [1.82, 2.24) is 0 Å². The molecule has 0 aromatic heterocycles. The molecule has 0 atom stereocenters. The third-order valence-corrected chi connectivity index (χ3v) is 4.03. The van der Waals surface area contributed by atoms with Gasteiger partial charge in [-0.25, -0.2) is 4.79 Å². The topological polar surface area (TPSA) is 70.3 Å². The van der Waals surface area contributed by atoms with Crippen LogP contribution in [0.15, 0.2) is 42.5 Å². The minimum atomic E-state index is -0.949. The van der Waals surface area contributed by atoms with Gasteiger partial charge in [-0.2, -0.15) is 5.26 Å². The smallest absolute Gasteiger partial charge is 0.335 e. The zero-order valence-electron chi connectivity index (χ0n) is 12.7. The van der Waals surface area contributed by atoms with Crippen molar-refractivity contribution < 1.29 is 14.6 Å². The van der Waals surface area contributed by atoms with Crippen molar-refractivity contribution in [2.45, 2.75) is 12.8 Å². The Kier molecular flexibility index (Phi) is 3.86. The first-order valence-corrected chi connectivity index (χ1v) is 7.29. The number of carboxylic acids is 1. The predicted molar refractivity (Wildman–Crippen MR) is 86.5 cm³/mol. The first-order valence-electron chi connectivity index (χ1n) is 7.29. The Morgan fingerprint density at radius 3 is 2.74 bits per heavy atom. The normalized spacial score (nSPS) is 12.8. The highest BCUT2D eigenvalue weighted by Crippen LogP contribution is 2.37. The number of nitriles is 1. The molecule has 1 N–H and O–H groups in total. The molecule has 2 aromatic rings. The van der Waals surface area contributed by atoms with Crippen LogP contribution in [0.5, 0.6) is 5.75 Å². The highest BCUT2D eigenvalue weighted by atomic mass is 16.5. The summed E-state index contributed by atoms with van der Waals surface area (Å²) in [4.78, 5) is 11.3. The van der Waals surface area contributed by atoms with Crippen molar-refractivity contribution in [2.75, 3.05) is 7.11 Å². The van der Waals surface area contributed by atoms with Crippen LogP contribution in [0.4, 0.5) is 0 Å². The third kappa shape index (κ3) is 2.69. The quantitative estimate of drug-likeness (QED) is 0.939. The van der Waals surface area contributed by atoms with Gasteiger partial charge in [0.05, 0.1) is 24.3 Å². The number of methoxy groups -OCH3 is 1. The zero-order chi connectivity index (χ0) is 16.4. The van der Waals surface area contributed by atoms with E-state index in [4.69, 9.17) is 10.00 Å². The monoisotopic (exact) mass is 305 g/mol. The Bertz CT molecular complexity index is 859. The molecule has 1 aliphatic carbocycles. The summed E-state index contributed by atoms with van der Waals surface area (Å²) in [5.74, 6) is -0.278. The number of fused-ring (bicyclic) bond motifs is 1. The van der Waals surface area contributed by atoms with Gasteiger partial charge in [0.15, 0.2) is 0 Å². The number of allylic oxidation sites excluding steroid dienone is 1.